The molecule has 1 aliphatic rings. The van der Waals surface area contributed by atoms with E-state index in [0.717, 1.165) is 4.31 Å². The number of hydrogen-bond acceptors (Lipinski definition) is 4. The Hall–Kier alpha value is -3.07. The van der Waals surface area contributed by atoms with Gasteiger partial charge in [-0.05, 0) is 30.3 Å². The number of aromatic nitrogens is 2. The Balaban J connectivity index is 1.88. The minimum Gasteiger partial charge on any atom is -0.312 e. The molecular formula is C16H14N4O4S. The van der Waals surface area contributed by atoms with Gasteiger partial charge in [0.05, 0.1) is 27.3 Å². The first-order valence-electron chi connectivity index (χ1n) is 7.48. The van der Waals surface area contributed by atoms with Crippen molar-refractivity contribution in [3.05, 3.63) is 52.9 Å². The fourth-order valence-corrected chi connectivity index (χ4v) is 4.38. The minimum absolute atomic E-state index is 0.00223. The molecule has 0 atom stereocenters. The number of hydrogen-bond donors (Lipinski definition) is 2. The zero-order chi connectivity index (χ0) is 17.8. The second-order valence-electron chi connectivity index (χ2n) is 5.74. The van der Waals surface area contributed by atoms with Gasteiger partial charge in [0.1, 0.15) is 6.54 Å². The van der Waals surface area contributed by atoms with Crippen LogP contribution in [0.5, 0.6) is 0 Å². The third-order valence-corrected chi connectivity index (χ3v) is 6.00. The molecule has 0 saturated heterocycles. The zero-order valence-corrected chi connectivity index (χ0v) is 14.0. The molecule has 2 heterocycles. The number of fused-ring (bicyclic) bond motifs is 2. The lowest BCUT2D eigenvalue weighted by atomic mass is 10.2. The highest BCUT2D eigenvalue weighted by Crippen LogP contribution is 2.36. The number of nitrogens with zero attached hydrogens (tertiary/aromatic N) is 2. The smallest absolute Gasteiger partial charge is 0.312 e. The molecule has 0 unspecified atom stereocenters. The van der Waals surface area contributed by atoms with Crippen molar-refractivity contribution < 1.29 is 13.2 Å². The van der Waals surface area contributed by atoms with Crippen molar-refractivity contribution in [1.82, 2.24) is 9.97 Å². The van der Waals surface area contributed by atoms with E-state index in [1.807, 2.05) is 0 Å². The summed E-state index contributed by atoms with van der Waals surface area (Å²) in [5, 5.41) is 0. The van der Waals surface area contributed by atoms with Gasteiger partial charge in [0, 0.05) is 7.05 Å². The molecule has 2 aromatic carbocycles. The Morgan fingerprint density at radius 3 is 2.40 bits per heavy atom. The third kappa shape index (κ3) is 2.31. The van der Waals surface area contributed by atoms with Gasteiger partial charge >= 0.3 is 5.69 Å². The van der Waals surface area contributed by atoms with Gasteiger partial charge in [-0.15, -0.1) is 0 Å². The van der Waals surface area contributed by atoms with Crippen LogP contribution in [0.4, 0.5) is 11.4 Å². The quantitative estimate of drug-likeness (QED) is 0.713. The van der Waals surface area contributed by atoms with Gasteiger partial charge in [0.2, 0.25) is 5.91 Å². The average Bonchev–Trinajstić information content (AvgIpc) is 2.97. The number of rotatable bonds is 2. The number of carbonyl (C=O) groups is 1. The highest BCUT2D eigenvalue weighted by molar-refractivity contribution is 7.93. The van der Waals surface area contributed by atoms with E-state index in [4.69, 9.17) is 0 Å². The molecule has 0 saturated carbocycles. The van der Waals surface area contributed by atoms with Gasteiger partial charge in [-0.3, -0.25) is 9.10 Å². The Bertz CT molecular complexity index is 1160. The van der Waals surface area contributed by atoms with E-state index in [0.29, 0.717) is 22.4 Å². The van der Waals surface area contributed by atoms with Crippen LogP contribution in [0.3, 0.4) is 0 Å². The van der Waals surface area contributed by atoms with Crippen molar-refractivity contribution in [2.24, 2.45) is 0 Å². The summed E-state index contributed by atoms with van der Waals surface area (Å²) in [7, 11) is -2.35. The van der Waals surface area contributed by atoms with E-state index in [2.05, 4.69) is 9.97 Å². The molecule has 8 nitrogen and oxygen atoms in total. The van der Waals surface area contributed by atoms with Crippen LogP contribution in [0.2, 0.25) is 0 Å². The molecule has 0 spiro atoms. The Labute approximate surface area is 142 Å². The SMILES string of the molecule is CN1C(=O)CN(S(=O)(=O)c2ccc3[nH]c(=O)[nH]c3c2)c2ccccc21. The Morgan fingerprint density at radius 1 is 0.960 bits per heavy atom. The molecule has 9 heteroatoms. The van der Waals surface area contributed by atoms with Crippen molar-refractivity contribution in [3.63, 3.8) is 0 Å². The normalized spacial score (nSPS) is 14.8. The lowest BCUT2D eigenvalue weighted by Crippen LogP contribution is -2.46. The summed E-state index contributed by atoms with van der Waals surface area (Å²) >= 11 is 0. The number of para-hydroxylation sites is 2. The summed E-state index contributed by atoms with van der Waals surface area (Å²) < 4.78 is 27.3. The van der Waals surface area contributed by atoms with E-state index >= 15 is 0 Å². The molecule has 3 aromatic rings. The maximum atomic E-state index is 13.1. The fraction of sp³-hybridized carbons (Fsp3) is 0.125. The Morgan fingerprint density at radius 2 is 1.64 bits per heavy atom. The lowest BCUT2D eigenvalue weighted by Gasteiger charge is -2.34. The fourth-order valence-electron chi connectivity index (χ4n) is 2.92. The van der Waals surface area contributed by atoms with Crippen LogP contribution in [0.15, 0.2) is 52.2 Å². The van der Waals surface area contributed by atoms with E-state index < -0.39 is 15.7 Å². The molecular weight excluding hydrogens is 344 g/mol. The van der Waals surface area contributed by atoms with Gasteiger partial charge < -0.3 is 14.9 Å². The van der Waals surface area contributed by atoms with Gasteiger partial charge in [-0.2, -0.15) is 0 Å². The lowest BCUT2D eigenvalue weighted by molar-refractivity contribution is -0.117. The largest absolute Gasteiger partial charge is 0.323 e. The van der Waals surface area contributed by atoms with Crippen molar-refractivity contribution in [1.29, 1.82) is 0 Å². The van der Waals surface area contributed by atoms with E-state index in [9.17, 15) is 18.0 Å². The first kappa shape index (κ1) is 15.5. The highest BCUT2D eigenvalue weighted by Gasteiger charge is 2.35. The predicted octanol–water partition coefficient (Wildman–Crippen LogP) is 1.03. The number of nitrogens with one attached hydrogen (secondary N) is 2. The summed E-state index contributed by atoms with van der Waals surface area (Å²) in [5.74, 6) is -0.321. The van der Waals surface area contributed by atoms with Crippen molar-refractivity contribution in [2.75, 3.05) is 22.8 Å². The van der Waals surface area contributed by atoms with Crippen molar-refractivity contribution in [2.45, 2.75) is 4.90 Å². The second kappa shape index (κ2) is 5.21. The third-order valence-electron chi connectivity index (χ3n) is 4.24. The number of carbonyl (C=O) groups excluding carboxylic acids is 1. The molecule has 1 aliphatic heterocycles. The van der Waals surface area contributed by atoms with Crippen LogP contribution >= 0.6 is 0 Å². The summed E-state index contributed by atoms with van der Waals surface area (Å²) in [6.45, 7) is -0.280. The number of anilines is 2. The van der Waals surface area contributed by atoms with Crippen LogP contribution in [-0.2, 0) is 14.8 Å². The minimum atomic E-state index is -3.96. The maximum absolute atomic E-state index is 13.1. The van der Waals surface area contributed by atoms with Gasteiger partial charge in [-0.25, -0.2) is 13.2 Å². The topological polar surface area (TPSA) is 106 Å². The number of aromatic amines is 2. The molecule has 4 rings (SSSR count). The maximum Gasteiger partial charge on any atom is 0.323 e. The number of amides is 1. The summed E-state index contributed by atoms with van der Waals surface area (Å²) in [6, 6.07) is 11.1. The molecule has 0 fully saturated rings. The molecule has 128 valence electrons. The molecule has 0 bridgehead atoms. The number of H-pyrrole nitrogens is 2. The molecule has 0 aliphatic carbocycles. The molecule has 1 amide bonds. The van der Waals surface area contributed by atoms with Crippen molar-refractivity contribution >= 4 is 38.3 Å². The van der Waals surface area contributed by atoms with E-state index in [-0.39, 0.29) is 17.3 Å². The summed E-state index contributed by atoms with van der Waals surface area (Å²) in [6.07, 6.45) is 0. The summed E-state index contributed by atoms with van der Waals surface area (Å²) in [4.78, 5) is 30.1. The average molecular weight is 358 g/mol. The van der Waals surface area contributed by atoms with Crippen LogP contribution < -0.4 is 14.9 Å². The number of imidazole rings is 1. The summed E-state index contributed by atoms with van der Waals surface area (Å²) in [5.41, 5.74) is 1.45. The van der Waals surface area contributed by atoms with Crippen LogP contribution in [0.1, 0.15) is 0 Å². The van der Waals surface area contributed by atoms with Crippen LogP contribution in [0, 0.1) is 0 Å². The molecule has 0 radical (unpaired) electrons. The van der Waals surface area contributed by atoms with E-state index in [1.54, 1.807) is 31.3 Å². The van der Waals surface area contributed by atoms with E-state index in [1.165, 1.54) is 23.1 Å². The van der Waals surface area contributed by atoms with Crippen LogP contribution in [0.25, 0.3) is 11.0 Å². The molecule has 1 aromatic heterocycles. The molecule has 25 heavy (non-hydrogen) atoms. The highest BCUT2D eigenvalue weighted by atomic mass is 32.2. The zero-order valence-electron chi connectivity index (χ0n) is 13.2. The van der Waals surface area contributed by atoms with Crippen LogP contribution in [-0.4, -0.2) is 37.9 Å². The van der Waals surface area contributed by atoms with Gasteiger partial charge in [-0.1, -0.05) is 12.1 Å². The first-order chi connectivity index (χ1) is 11.9. The standard InChI is InChI=1S/C16H14N4O4S/c1-19-13-4-2-3-5-14(13)20(9-15(19)21)25(23,24)10-6-7-11-12(8-10)18-16(22)17-11/h2-8H,9H2,1H3,(H2,17,18,22). The number of benzene rings is 2. The number of likely N-dealkylation sites (N-methyl/N-ethyl adjacent to an activating group) is 1. The second-order valence-corrected chi connectivity index (χ2v) is 7.60. The number of sulfonamides is 1. The predicted molar refractivity (Wildman–Crippen MR) is 93.3 cm³/mol. The van der Waals surface area contributed by atoms with Gasteiger partial charge in [0.15, 0.2) is 0 Å². The molecule has 2 N–H and O–H groups in total. The Kier molecular flexibility index (Phi) is 3.22. The first-order valence-corrected chi connectivity index (χ1v) is 8.92. The monoisotopic (exact) mass is 358 g/mol. The van der Waals surface area contributed by atoms with Gasteiger partial charge in [0.25, 0.3) is 10.0 Å². The van der Waals surface area contributed by atoms with Crippen molar-refractivity contribution in [3.8, 4) is 0 Å².